The van der Waals surface area contributed by atoms with Gasteiger partial charge in [0.25, 0.3) is 11.8 Å². The molecule has 8 nitrogen and oxygen atoms in total. The summed E-state index contributed by atoms with van der Waals surface area (Å²) in [6.07, 6.45) is 1.47. The van der Waals surface area contributed by atoms with Crippen molar-refractivity contribution in [3.63, 3.8) is 0 Å². The van der Waals surface area contributed by atoms with E-state index in [9.17, 15) is 9.59 Å². The molecule has 0 aliphatic carbocycles. The van der Waals surface area contributed by atoms with E-state index in [-0.39, 0.29) is 11.8 Å². The van der Waals surface area contributed by atoms with Crippen LogP contribution in [-0.4, -0.2) is 63.2 Å². The van der Waals surface area contributed by atoms with Crippen molar-refractivity contribution in [1.29, 1.82) is 0 Å². The van der Waals surface area contributed by atoms with Crippen molar-refractivity contribution < 1.29 is 14.0 Å². The van der Waals surface area contributed by atoms with Gasteiger partial charge in [0.05, 0.1) is 12.0 Å². The van der Waals surface area contributed by atoms with Crippen molar-refractivity contribution in [1.82, 2.24) is 25.2 Å². The smallest absolute Gasteiger partial charge is 0.289 e. The maximum atomic E-state index is 12.3. The second-order valence-electron chi connectivity index (χ2n) is 4.82. The highest BCUT2D eigenvalue weighted by molar-refractivity contribution is 5.94. The van der Waals surface area contributed by atoms with Gasteiger partial charge < -0.3 is 14.2 Å². The summed E-state index contributed by atoms with van der Waals surface area (Å²) in [6, 6.07) is 3.32. The number of hydrogen-bond acceptors (Lipinski definition) is 5. The Kier molecular flexibility index (Phi) is 3.43. The van der Waals surface area contributed by atoms with Crippen LogP contribution in [0.1, 0.15) is 26.7 Å². The first-order valence-corrected chi connectivity index (χ1v) is 6.66. The van der Waals surface area contributed by atoms with Crippen LogP contribution in [0, 0.1) is 6.92 Å². The molecule has 3 heterocycles. The number of piperazine rings is 1. The first-order valence-electron chi connectivity index (χ1n) is 6.66. The number of carbonyl (C=O) groups excluding carboxylic acids is 2. The van der Waals surface area contributed by atoms with Gasteiger partial charge in [0.2, 0.25) is 0 Å². The fourth-order valence-electron chi connectivity index (χ4n) is 2.30. The lowest BCUT2D eigenvalue weighted by Crippen LogP contribution is -2.50. The Morgan fingerprint density at radius 1 is 1.14 bits per heavy atom. The van der Waals surface area contributed by atoms with E-state index in [0.717, 1.165) is 0 Å². The summed E-state index contributed by atoms with van der Waals surface area (Å²) in [7, 11) is 0. The molecule has 2 amide bonds. The van der Waals surface area contributed by atoms with E-state index in [0.29, 0.717) is 43.3 Å². The van der Waals surface area contributed by atoms with Crippen molar-refractivity contribution >= 4 is 11.8 Å². The minimum absolute atomic E-state index is 0.148. The number of nitrogens with one attached hydrogen (secondary N) is 1. The van der Waals surface area contributed by atoms with Gasteiger partial charge in [0, 0.05) is 26.2 Å². The zero-order valence-electron chi connectivity index (χ0n) is 11.6. The number of hydrogen-bond donors (Lipinski definition) is 1. The average molecular weight is 289 g/mol. The Balaban J connectivity index is 1.62. The third-order valence-corrected chi connectivity index (χ3v) is 3.51. The third kappa shape index (κ3) is 2.51. The van der Waals surface area contributed by atoms with Gasteiger partial charge in [-0.3, -0.25) is 9.59 Å². The molecule has 0 radical (unpaired) electrons. The maximum Gasteiger partial charge on any atom is 0.289 e. The molecule has 1 aliphatic rings. The molecule has 1 aliphatic heterocycles. The molecular formula is C13H15N5O3. The lowest BCUT2D eigenvalue weighted by atomic mass is 10.2. The summed E-state index contributed by atoms with van der Waals surface area (Å²) in [5, 5.41) is 10.2. The highest BCUT2D eigenvalue weighted by Gasteiger charge is 2.28. The van der Waals surface area contributed by atoms with Gasteiger partial charge in [-0.25, -0.2) is 0 Å². The van der Waals surface area contributed by atoms with Gasteiger partial charge in [-0.2, -0.15) is 15.4 Å². The molecule has 0 spiro atoms. The van der Waals surface area contributed by atoms with Crippen LogP contribution in [0.15, 0.2) is 22.8 Å². The van der Waals surface area contributed by atoms with Crippen LogP contribution in [0.4, 0.5) is 0 Å². The first-order chi connectivity index (χ1) is 10.2. The normalized spacial score (nSPS) is 15.3. The molecule has 0 bridgehead atoms. The lowest BCUT2D eigenvalue weighted by molar-refractivity contribution is 0.0514. The number of amides is 2. The molecule has 0 atom stereocenters. The van der Waals surface area contributed by atoms with Crippen molar-refractivity contribution in [2.75, 3.05) is 26.2 Å². The van der Waals surface area contributed by atoms with E-state index < -0.39 is 0 Å². The summed E-state index contributed by atoms with van der Waals surface area (Å²) in [5.74, 6) is 0.0122. The van der Waals surface area contributed by atoms with E-state index in [1.807, 2.05) is 0 Å². The van der Waals surface area contributed by atoms with Crippen LogP contribution in [0.2, 0.25) is 0 Å². The molecule has 3 rings (SSSR count). The van der Waals surface area contributed by atoms with E-state index in [2.05, 4.69) is 15.4 Å². The molecule has 2 aromatic heterocycles. The Labute approximate surface area is 120 Å². The van der Waals surface area contributed by atoms with Crippen molar-refractivity contribution in [2.45, 2.75) is 6.92 Å². The number of nitrogens with zero attached hydrogens (tertiary/aromatic N) is 4. The molecule has 110 valence electrons. The number of furan rings is 1. The van der Waals surface area contributed by atoms with Gasteiger partial charge in [-0.1, -0.05) is 0 Å². The Hall–Kier alpha value is -2.64. The predicted octanol–water partition coefficient (Wildman–Crippen LogP) is 0.304. The minimum atomic E-state index is -0.161. The molecule has 0 saturated carbocycles. The first kappa shape index (κ1) is 13.3. The van der Waals surface area contributed by atoms with Crippen molar-refractivity contribution in [3.8, 4) is 0 Å². The van der Waals surface area contributed by atoms with Crippen LogP contribution in [0.5, 0.6) is 0 Å². The summed E-state index contributed by atoms with van der Waals surface area (Å²) in [6.45, 7) is 3.62. The van der Waals surface area contributed by atoms with E-state index in [1.165, 1.54) is 6.26 Å². The molecule has 0 unspecified atom stereocenters. The van der Waals surface area contributed by atoms with E-state index >= 15 is 0 Å². The van der Waals surface area contributed by atoms with Crippen molar-refractivity contribution in [3.05, 3.63) is 35.5 Å². The van der Waals surface area contributed by atoms with E-state index in [1.54, 1.807) is 28.9 Å². The van der Waals surface area contributed by atoms with Crippen LogP contribution in [0.3, 0.4) is 0 Å². The number of carbonyl (C=O) groups is 2. The number of aromatic amines is 1. The van der Waals surface area contributed by atoms with Crippen molar-refractivity contribution in [2.24, 2.45) is 0 Å². The molecule has 0 aromatic carbocycles. The maximum absolute atomic E-state index is 12.3. The Morgan fingerprint density at radius 2 is 1.81 bits per heavy atom. The summed E-state index contributed by atoms with van der Waals surface area (Å²) in [5.41, 5.74) is 0.912. The van der Waals surface area contributed by atoms with E-state index in [4.69, 9.17) is 4.42 Å². The highest BCUT2D eigenvalue weighted by atomic mass is 16.3. The van der Waals surface area contributed by atoms with Crippen LogP contribution >= 0.6 is 0 Å². The third-order valence-electron chi connectivity index (χ3n) is 3.51. The second kappa shape index (κ2) is 5.39. The van der Waals surface area contributed by atoms with Crippen LogP contribution in [-0.2, 0) is 0 Å². The molecule has 8 heteroatoms. The van der Waals surface area contributed by atoms with Crippen LogP contribution in [0.25, 0.3) is 0 Å². The number of aryl methyl sites for hydroxylation is 1. The number of H-pyrrole nitrogens is 1. The molecule has 1 fully saturated rings. The quantitative estimate of drug-likeness (QED) is 0.858. The largest absolute Gasteiger partial charge is 0.459 e. The van der Waals surface area contributed by atoms with Gasteiger partial charge in [0.1, 0.15) is 0 Å². The highest BCUT2D eigenvalue weighted by Crippen LogP contribution is 2.12. The topological polar surface area (TPSA) is 95.3 Å². The summed E-state index contributed by atoms with van der Waals surface area (Å²) >= 11 is 0. The predicted molar refractivity (Wildman–Crippen MR) is 71.6 cm³/mol. The van der Waals surface area contributed by atoms with Gasteiger partial charge in [-0.15, -0.1) is 0 Å². The molecule has 1 saturated heterocycles. The van der Waals surface area contributed by atoms with Gasteiger partial charge in [0.15, 0.2) is 11.5 Å². The molecule has 2 aromatic rings. The van der Waals surface area contributed by atoms with Crippen LogP contribution < -0.4 is 0 Å². The molecular weight excluding hydrogens is 274 g/mol. The summed E-state index contributed by atoms with van der Waals surface area (Å²) in [4.78, 5) is 27.7. The SMILES string of the molecule is Cc1n[nH]nc1C(=O)N1CCN(C(=O)c2ccco2)CC1. The van der Waals surface area contributed by atoms with Gasteiger partial charge in [-0.05, 0) is 19.1 Å². The average Bonchev–Trinajstić information content (AvgIpc) is 3.17. The molecule has 21 heavy (non-hydrogen) atoms. The molecule has 1 N–H and O–H groups in total. The second-order valence-corrected chi connectivity index (χ2v) is 4.82. The Morgan fingerprint density at radius 3 is 2.33 bits per heavy atom. The minimum Gasteiger partial charge on any atom is -0.459 e. The zero-order chi connectivity index (χ0) is 14.8. The standard InChI is InChI=1S/C13H15N5O3/c1-9-11(15-16-14-9)13(20)18-6-4-17(5-7-18)12(19)10-3-2-8-21-10/h2-3,8H,4-7H2,1H3,(H,14,15,16). The Bertz CT molecular complexity index is 641. The number of aromatic nitrogens is 3. The monoisotopic (exact) mass is 289 g/mol. The fraction of sp³-hybridized carbons (Fsp3) is 0.385. The van der Waals surface area contributed by atoms with Gasteiger partial charge >= 0.3 is 0 Å². The number of rotatable bonds is 2. The summed E-state index contributed by atoms with van der Waals surface area (Å²) < 4.78 is 5.10. The fourth-order valence-corrected chi connectivity index (χ4v) is 2.30. The zero-order valence-corrected chi connectivity index (χ0v) is 11.6. The lowest BCUT2D eigenvalue weighted by Gasteiger charge is -2.34.